The van der Waals surface area contributed by atoms with Crippen LogP contribution < -0.4 is 5.32 Å². The number of nitrogens with one attached hydrogen (secondary N) is 1. The van der Waals surface area contributed by atoms with Crippen molar-refractivity contribution in [1.29, 1.82) is 0 Å². The number of ether oxygens (including phenoxy) is 1. The van der Waals surface area contributed by atoms with Gasteiger partial charge in [0.1, 0.15) is 5.75 Å². The number of anilines is 1. The first kappa shape index (κ1) is 17.3. The molecule has 0 fully saturated rings. The van der Waals surface area contributed by atoms with Gasteiger partial charge >= 0.3 is 12.1 Å². The third-order valence-electron chi connectivity index (χ3n) is 3.14. The average Bonchev–Trinajstić information content (AvgIpc) is 2.55. The summed E-state index contributed by atoms with van der Waals surface area (Å²) in [5.74, 6) is -2.22. The highest BCUT2D eigenvalue weighted by Gasteiger charge is 2.34. The van der Waals surface area contributed by atoms with E-state index in [1.165, 1.54) is 24.3 Å². The molecule has 2 aromatic carbocycles. The predicted octanol–water partition coefficient (Wildman–Crippen LogP) is 3.45. The zero-order valence-electron chi connectivity index (χ0n) is 12.3. The number of hydrogen-bond acceptors (Lipinski definition) is 4. The van der Waals surface area contributed by atoms with E-state index in [-0.39, 0.29) is 11.3 Å². The summed E-state index contributed by atoms with van der Waals surface area (Å²) in [4.78, 5) is 23.4. The zero-order valence-corrected chi connectivity index (χ0v) is 12.3. The van der Waals surface area contributed by atoms with Crippen LogP contribution in [0.25, 0.3) is 0 Å². The van der Waals surface area contributed by atoms with Crippen molar-refractivity contribution in [2.75, 3.05) is 12.4 Å². The highest BCUT2D eigenvalue weighted by atomic mass is 19.4. The van der Waals surface area contributed by atoms with E-state index in [9.17, 15) is 27.9 Å². The molecule has 0 spiro atoms. The Labute approximate surface area is 134 Å². The SMILES string of the molecule is COC(=O)c1ccc(NC(=O)c2ccccc2C(F)(F)F)c(O)c1. The summed E-state index contributed by atoms with van der Waals surface area (Å²) in [7, 11) is 1.16. The number of carbonyl (C=O) groups is 2. The third kappa shape index (κ3) is 3.65. The Bertz CT molecular complexity index is 787. The second-order valence-corrected chi connectivity index (χ2v) is 4.72. The predicted molar refractivity (Wildman–Crippen MR) is 78.8 cm³/mol. The summed E-state index contributed by atoms with van der Waals surface area (Å²) in [6, 6.07) is 7.77. The highest BCUT2D eigenvalue weighted by molar-refractivity contribution is 6.06. The van der Waals surface area contributed by atoms with E-state index in [0.717, 1.165) is 25.3 Å². The van der Waals surface area contributed by atoms with Gasteiger partial charge in [0.15, 0.2) is 0 Å². The molecule has 2 rings (SSSR count). The number of amides is 1. The Morgan fingerprint density at radius 1 is 1.12 bits per heavy atom. The minimum Gasteiger partial charge on any atom is -0.506 e. The molecule has 0 unspecified atom stereocenters. The topological polar surface area (TPSA) is 75.6 Å². The molecule has 126 valence electrons. The lowest BCUT2D eigenvalue weighted by Crippen LogP contribution is -2.18. The summed E-state index contributed by atoms with van der Waals surface area (Å²) in [5, 5.41) is 12.0. The molecular formula is C16H12F3NO4. The van der Waals surface area contributed by atoms with Crippen molar-refractivity contribution in [2.45, 2.75) is 6.18 Å². The van der Waals surface area contributed by atoms with Crippen LogP contribution in [0, 0.1) is 0 Å². The molecule has 0 bridgehead atoms. The molecule has 1 amide bonds. The maximum absolute atomic E-state index is 12.9. The van der Waals surface area contributed by atoms with E-state index < -0.39 is 34.9 Å². The van der Waals surface area contributed by atoms with Crippen LogP contribution in [0.2, 0.25) is 0 Å². The number of esters is 1. The maximum Gasteiger partial charge on any atom is 0.417 e. The molecule has 2 aromatic rings. The molecule has 0 radical (unpaired) electrons. The summed E-state index contributed by atoms with van der Waals surface area (Å²) in [5.41, 5.74) is -1.78. The molecule has 24 heavy (non-hydrogen) atoms. The lowest BCUT2D eigenvalue weighted by molar-refractivity contribution is -0.137. The number of aromatic hydroxyl groups is 1. The van der Waals surface area contributed by atoms with Crippen molar-refractivity contribution in [3.8, 4) is 5.75 Å². The standard InChI is InChI=1S/C16H12F3NO4/c1-24-15(23)9-6-7-12(13(21)8-9)20-14(22)10-4-2-3-5-11(10)16(17,18)19/h2-8,21H,1H3,(H,20,22). The first-order chi connectivity index (χ1) is 11.2. The number of benzene rings is 2. The Kier molecular flexibility index (Phi) is 4.77. The number of halogens is 3. The number of hydrogen-bond donors (Lipinski definition) is 2. The largest absolute Gasteiger partial charge is 0.506 e. The summed E-state index contributed by atoms with van der Waals surface area (Å²) >= 11 is 0. The van der Waals surface area contributed by atoms with Crippen LogP contribution in [0.1, 0.15) is 26.3 Å². The first-order valence-electron chi connectivity index (χ1n) is 6.63. The van der Waals surface area contributed by atoms with Crippen LogP contribution in [0.4, 0.5) is 18.9 Å². The van der Waals surface area contributed by atoms with Gasteiger partial charge < -0.3 is 15.2 Å². The Hall–Kier alpha value is -3.03. The minimum atomic E-state index is -4.69. The molecule has 0 aliphatic rings. The van der Waals surface area contributed by atoms with Crippen LogP contribution in [-0.2, 0) is 10.9 Å². The van der Waals surface area contributed by atoms with Gasteiger partial charge in [0.25, 0.3) is 5.91 Å². The normalized spacial score (nSPS) is 11.0. The highest BCUT2D eigenvalue weighted by Crippen LogP contribution is 2.33. The van der Waals surface area contributed by atoms with Gasteiger partial charge in [-0.2, -0.15) is 13.2 Å². The number of methoxy groups -OCH3 is 1. The van der Waals surface area contributed by atoms with Gasteiger partial charge in [-0.3, -0.25) is 4.79 Å². The molecule has 0 atom stereocenters. The zero-order chi connectivity index (χ0) is 17.9. The van der Waals surface area contributed by atoms with E-state index in [2.05, 4.69) is 10.1 Å². The van der Waals surface area contributed by atoms with Gasteiger partial charge in [0, 0.05) is 0 Å². The van der Waals surface area contributed by atoms with Crippen molar-refractivity contribution < 1.29 is 32.6 Å². The molecule has 0 aliphatic heterocycles. The molecule has 0 saturated heterocycles. The molecule has 0 heterocycles. The Morgan fingerprint density at radius 3 is 2.38 bits per heavy atom. The van der Waals surface area contributed by atoms with Crippen molar-refractivity contribution in [2.24, 2.45) is 0 Å². The quantitative estimate of drug-likeness (QED) is 0.663. The molecule has 0 aromatic heterocycles. The lowest BCUT2D eigenvalue weighted by atomic mass is 10.1. The summed E-state index contributed by atoms with van der Waals surface area (Å²) < 4.78 is 43.3. The molecule has 8 heteroatoms. The van der Waals surface area contributed by atoms with Gasteiger partial charge in [0.05, 0.1) is 29.5 Å². The number of carbonyl (C=O) groups excluding carboxylic acids is 2. The monoisotopic (exact) mass is 339 g/mol. The molecule has 0 aliphatic carbocycles. The van der Waals surface area contributed by atoms with E-state index in [1.807, 2.05) is 0 Å². The molecular weight excluding hydrogens is 327 g/mol. The number of phenols is 1. The van der Waals surface area contributed by atoms with E-state index in [4.69, 9.17) is 0 Å². The maximum atomic E-state index is 12.9. The van der Waals surface area contributed by atoms with Gasteiger partial charge in [-0.1, -0.05) is 12.1 Å². The minimum absolute atomic E-state index is 0.0312. The van der Waals surface area contributed by atoms with Crippen molar-refractivity contribution in [3.05, 3.63) is 59.2 Å². The summed E-state index contributed by atoms with van der Waals surface area (Å²) in [6.45, 7) is 0. The van der Waals surface area contributed by atoms with Crippen molar-refractivity contribution in [3.63, 3.8) is 0 Å². The number of alkyl halides is 3. The number of phenolic OH excluding ortho intramolecular Hbond substituents is 1. The van der Waals surface area contributed by atoms with Crippen LogP contribution in [0.3, 0.4) is 0 Å². The second kappa shape index (κ2) is 6.61. The number of rotatable bonds is 3. The fourth-order valence-electron chi connectivity index (χ4n) is 2.00. The van der Waals surface area contributed by atoms with Crippen LogP contribution >= 0.6 is 0 Å². The Morgan fingerprint density at radius 2 is 1.79 bits per heavy atom. The van der Waals surface area contributed by atoms with Crippen LogP contribution in [0.5, 0.6) is 5.75 Å². The van der Waals surface area contributed by atoms with Gasteiger partial charge in [-0.15, -0.1) is 0 Å². The van der Waals surface area contributed by atoms with Crippen molar-refractivity contribution in [1.82, 2.24) is 0 Å². The fraction of sp³-hybridized carbons (Fsp3) is 0.125. The third-order valence-corrected chi connectivity index (χ3v) is 3.14. The van der Waals surface area contributed by atoms with Crippen LogP contribution in [-0.4, -0.2) is 24.1 Å². The second-order valence-electron chi connectivity index (χ2n) is 4.72. The lowest BCUT2D eigenvalue weighted by Gasteiger charge is -2.13. The average molecular weight is 339 g/mol. The van der Waals surface area contributed by atoms with Gasteiger partial charge in [0.2, 0.25) is 0 Å². The van der Waals surface area contributed by atoms with Gasteiger partial charge in [-0.25, -0.2) is 4.79 Å². The van der Waals surface area contributed by atoms with E-state index >= 15 is 0 Å². The molecule has 5 nitrogen and oxygen atoms in total. The molecule has 0 saturated carbocycles. The van der Waals surface area contributed by atoms with Gasteiger partial charge in [-0.05, 0) is 30.3 Å². The first-order valence-corrected chi connectivity index (χ1v) is 6.63. The van der Waals surface area contributed by atoms with Crippen molar-refractivity contribution >= 4 is 17.6 Å². The summed E-state index contributed by atoms with van der Waals surface area (Å²) in [6.07, 6.45) is -4.69. The molecule has 2 N–H and O–H groups in total. The Balaban J connectivity index is 2.30. The van der Waals surface area contributed by atoms with E-state index in [0.29, 0.717) is 0 Å². The van der Waals surface area contributed by atoms with Crippen LogP contribution in [0.15, 0.2) is 42.5 Å². The fourth-order valence-corrected chi connectivity index (χ4v) is 2.00. The van der Waals surface area contributed by atoms with E-state index in [1.54, 1.807) is 0 Å². The smallest absolute Gasteiger partial charge is 0.417 e.